The number of benzene rings is 1. The van der Waals surface area contributed by atoms with Gasteiger partial charge in [-0.25, -0.2) is 0 Å². The highest BCUT2D eigenvalue weighted by Gasteiger charge is 2.36. The van der Waals surface area contributed by atoms with Gasteiger partial charge in [0.15, 0.2) is 5.78 Å². The van der Waals surface area contributed by atoms with E-state index in [2.05, 4.69) is 39.8 Å². The van der Waals surface area contributed by atoms with Crippen molar-refractivity contribution in [3.8, 4) is 0 Å². The van der Waals surface area contributed by atoms with Crippen LogP contribution in [0.5, 0.6) is 0 Å². The zero-order valence-electron chi connectivity index (χ0n) is 12.8. The molecule has 1 fully saturated rings. The average Bonchev–Trinajstić information content (AvgIpc) is 2.86. The Labute approximate surface area is 117 Å². The van der Waals surface area contributed by atoms with Crippen LogP contribution in [0.4, 0.5) is 0 Å². The summed E-state index contributed by atoms with van der Waals surface area (Å²) in [6.45, 7) is 8.84. The van der Waals surface area contributed by atoms with Crippen LogP contribution >= 0.6 is 0 Å². The number of hydrogen-bond acceptors (Lipinski definition) is 1. The van der Waals surface area contributed by atoms with Gasteiger partial charge in [0.2, 0.25) is 0 Å². The van der Waals surface area contributed by atoms with Crippen molar-refractivity contribution < 1.29 is 4.79 Å². The lowest BCUT2D eigenvalue weighted by Gasteiger charge is -2.25. The highest BCUT2D eigenvalue weighted by Crippen LogP contribution is 2.40. The third kappa shape index (κ3) is 2.75. The number of hydrogen-bond donors (Lipinski definition) is 0. The molecular formula is C18H26O. The van der Waals surface area contributed by atoms with Crippen LogP contribution < -0.4 is 0 Å². The second kappa shape index (κ2) is 5.11. The summed E-state index contributed by atoms with van der Waals surface area (Å²) in [5.74, 6) is 0.339. The topological polar surface area (TPSA) is 17.1 Å². The first-order valence-corrected chi connectivity index (χ1v) is 7.54. The van der Waals surface area contributed by atoms with Crippen LogP contribution in [-0.4, -0.2) is 5.78 Å². The fourth-order valence-electron chi connectivity index (χ4n) is 3.01. The average molecular weight is 258 g/mol. The van der Waals surface area contributed by atoms with Crippen LogP contribution in [0.15, 0.2) is 24.3 Å². The molecule has 1 aliphatic rings. The Morgan fingerprint density at radius 3 is 2.16 bits per heavy atom. The molecule has 1 saturated carbocycles. The predicted octanol–water partition coefficient (Wildman–Crippen LogP) is 5.14. The molecule has 0 radical (unpaired) electrons. The third-order valence-electron chi connectivity index (χ3n) is 5.07. The minimum atomic E-state index is -0.109. The molecule has 1 aromatic carbocycles. The van der Waals surface area contributed by atoms with E-state index in [0.717, 1.165) is 24.8 Å². The molecule has 104 valence electrons. The van der Waals surface area contributed by atoms with Gasteiger partial charge in [0.05, 0.1) is 0 Å². The van der Waals surface area contributed by atoms with Gasteiger partial charge in [-0.2, -0.15) is 0 Å². The van der Waals surface area contributed by atoms with Crippen LogP contribution in [0.3, 0.4) is 0 Å². The van der Waals surface area contributed by atoms with E-state index in [1.54, 1.807) is 0 Å². The maximum atomic E-state index is 12.6. The molecule has 19 heavy (non-hydrogen) atoms. The Balaban J connectivity index is 2.21. The summed E-state index contributed by atoms with van der Waals surface area (Å²) in [5, 5.41) is 0. The van der Waals surface area contributed by atoms with Crippen molar-refractivity contribution in [3.05, 3.63) is 35.4 Å². The van der Waals surface area contributed by atoms with Crippen molar-refractivity contribution in [2.75, 3.05) is 0 Å². The van der Waals surface area contributed by atoms with Crippen LogP contribution in [0.25, 0.3) is 0 Å². The number of carbonyl (C=O) groups is 1. The first kappa shape index (κ1) is 14.3. The molecule has 0 N–H and O–H groups in total. The highest BCUT2D eigenvalue weighted by molar-refractivity contribution is 6.00. The van der Waals surface area contributed by atoms with Gasteiger partial charge < -0.3 is 0 Å². The summed E-state index contributed by atoms with van der Waals surface area (Å²) in [7, 11) is 0. The quantitative estimate of drug-likeness (QED) is 0.684. The molecule has 0 aliphatic heterocycles. The Morgan fingerprint density at radius 2 is 1.68 bits per heavy atom. The largest absolute Gasteiger partial charge is 0.294 e. The number of rotatable bonds is 4. The second-order valence-corrected chi connectivity index (χ2v) is 6.91. The fourth-order valence-corrected chi connectivity index (χ4v) is 3.01. The smallest absolute Gasteiger partial charge is 0.168 e. The van der Waals surface area contributed by atoms with E-state index >= 15 is 0 Å². The van der Waals surface area contributed by atoms with Crippen molar-refractivity contribution >= 4 is 5.78 Å². The molecule has 0 atom stereocenters. The maximum absolute atomic E-state index is 12.6. The van der Waals surface area contributed by atoms with Crippen LogP contribution in [-0.2, 0) is 5.41 Å². The SMILES string of the molecule is CCC(C)(C)c1ccc(C(=O)C2(C)CCCC2)cc1. The van der Waals surface area contributed by atoms with E-state index in [1.807, 2.05) is 12.1 Å². The van der Waals surface area contributed by atoms with Crippen molar-refractivity contribution in [1.82, 2.24) is 0 Å². The molecule has 1 aliphatic carbocycles. The second-order valence-electron chi connectivity index (χ2n) is 6.91. The molecule has 0 unspecified atom stereocenters. The van der Waals surface area contributed by atoms with Crippen LogP contribution in [0.1, 0.15) is 75.7 Å². The van der Waals surface area contributed by atoms with E-state index in [-0.39, 0.29) is 10.8 Å². The summed E-state index contributed by atoms with van der Waals surface area (Å²) in [6, 6.07) is 8.32. The van der Waals surface area contributed by atoms with Crippen molar-refractivity contribution in [2.45, 2.75) is 65.2 Å². The molecule has 1 heteroatoms. The van der Waals surface area contributed by atoms with Crippen LogP contribution in [0.2, 0.25) is 0 Å². The van der Waals surface area contributed by atoms with E-state index in [4.69, 9.17) is 0 Å². The fraction of sp³-hybridized carbons (Fsp3) is 0.611. The van der Waals surface area contributed by atoms with Gasteiger partial charge in [-0.1, -0.05) is 64.8 Å². The molecule has 2 rings (SSSR count). The predicted molar refractivity (Wildman–Crippen MR) is 80.7 cm³/mol. The zero-order chi connectivity index (χ0) is 14.1. The first-order chi connectivity index (χ1) is 8.89. The molecule has 0 bridgehead atoms. The van der Waals surface area contributed by atoms with Gasteiger partial charge in [-0.15, -0.1) is 0 Å². The molecule has 0 heterocycles. The van der Waals surface area contributed by atoms with E-state index in [1.165, 1.54) is 18.4 Å². The molecule has 0 spiro atoms. The van der Waals surface area contributed by atoms with Gasteiger partial charge >= 0.3 is 0 Å². The Kier molecular flexibility index (Phi) is 3.85. The van der Waals surface area contributed by atoms with E-state index in [0.29, 0.717) is 5.78 Å². The van der Waals surface area contributed by atoms with Crippen molar-refractivity contribution in [2.24, 2.45) is 5.41 Å². The van der Waals surface area contributed by atoms with Gasteiger partial charge in [0.1, 0.15) is 0 Å². The standard InChI is InChI=1S/C18H26O/c1-5-17(2,3)15-10-8-14(9-11-15)16(19)18(4)12-6-7-13-18/h8-11H,5-7,12-13H2,1-4H3. The van der Waals surface area contributed by atoms with Crippen LogP contribution in [0, 0.1) is 5.41 Å². The Morgan fingerprint density at radius 1 is 1.16 bits per heavy atom. The van der Waals surface area contributed by atoms with Gasteiger partial charge in [0, 0.05) is 11.0 Å². The molecule has 0 amide bonds. The number of Topliss-reactive ketones (excluding diaryl/α,β-unsaturated/α-hetero) is 1. The molecule has 1 nitrogen and oxygen atoms in total. The third-order valence-corrected chi connectivity index (χ3v) is 5.07. The summed E-state index contributed by atoms with van der Waals surface area (Å²) < 4.78 is 0. The van der Waals surface area contributed by atoms with Gasteiger partial charge in [0.25, 0.3) is 0 Å². The molecular weight excluding hydrogens is 232 g/mol. The number of ketones is 1. The minimum Gasteiger partial charge on any atom is -0.294 e. The highest BCUT2D eigenvalue weighted by atomic mass is 16.1. The molecule has 1 aromatic rings. The first-order valence-electron chi connectivity index (χ1n) is 7.54. The summed E-state index contributed by atoms with van der Waals surface area (Å²) >= 11 is 0. The van der Waals surface area contributed by atoms with Crippen molar-refractivity contribution in [3.63, 3.8) is 0 Å². The Bertz CT molecular complexity index is 447. The van der Waals surface area contributed by atoms with Gasteiger partial charge in [-0.3, -0.25) is 4.79 Å². The minimum absolute atomic E-state index is 0.109. The normalized spacial score (nSPS) is 18.5. The lowest BCUT2D eigenvalue weighted by Crippen LogP contribution is -2.24. The summed E-state index contributed by atoms with van der Waals surface area (Å²) in [6.07, 6.45) is 5.60. The summed E-state index contributed by atoms with van der Waals surface area (Å²) in [5.41, 5.74) is 2.30. The van der Waals surface area contributed by atoms with E-state index < -0.39 is 0 Å². The maximum Gasteiger partial charge on any atom is 0.168 e. The lowest BCUT2D eigenvalue weighted by atomic mass is 9.78. The molecule has 0 saturated heterocycles. The van der Waals surface area contributed by atoms with E-state index in [9.17, 15) is 4.79 Å². The van der Waals surface area contributed by atoms with Gasteiger partial charge in [-0.05, 0) is 30.2 Å². The van der Waals surface area contributed by atoms with Crippen molar-refractivity contribution in [1.29, 1.82) is 0 Å². The Hall–Kier alpha value is -1.11. The number of carbonyl (C=O) groups excluding carboxylic acids is 1. The lowest BCUT2D eigenvalue weighted by molar-refractivity contribution is 0.0823. The zero-order valence-corrected chi connectivity index (χ0v) is 12.8. The molecule has 0 aromatic heterocycles. The summed E-state index contributed by atoms with van der Waals surface area (Å²) in [4.78, 5) is 12.6. The monoisotopic (exact) mass is 258 g/mol.